The Morgan fingerprint density at radius 3 is 2.10 bits per heavy atom. The van der Waals surface area contributed by atoms with Crippen LogP contribution in [-0.4, -0.2) is 19.3 Å². The zero-order chi connectivity index (χ0) is 15.4. The fourth-order valence-electron chi connectivity index (χ4n) is 1.92. The highest BCUT2D eigenvalue weighted by Crippen LogP contribution is 2.35. The molecule has 0 bridgehead atoms. The Morgan fingerprint density at radius 2 is 1.57 bits per heavy atom. The molecule has 0 aliphatic heterocycles. The third-order valence-electron chi connectivity index (χ3n) is 2.99. The van der Waals surface area contributed by atoms with E-state index in [4.69, 9.17) is 14.2 Å². The summed E-state index contributed by atoms with van der Waals surface area (Å²) in [7, 11) is 3.03. The van der Waals surface area contributed by atoms with Gasteiger partial charge in [-0.1, -0.05) is 12.1 Å². The molecule has 0 fully saturated rings. The summed E-state index contributed by atoms with van der Waals surface area (Å²) in [5, 5.41) is 9.71. The zero-order valence-electron chi connectivity index (χ0n) is 12.1. The third kappa shape index (κ3) is 3.44. The standard InChI is InChI=1S/C16H17FO4/c1-10(18)14-5-4-6-15(17)16(14)21-13-8-11(19-2)7-12(9-13)20-3/h4-10,18H,1-3H3/t10-/m1/s1. The van der Waals surface area contributed by atoms with E-state index in [2.05, 4.69) is 0 Å². The number of halogens is 1. The number of benzene rings is 2. The van der Waals surface area contributed by atoms with Crippen LogP contribution in [0, 0.1) is 5.82 Å². The van der Waals surface area contributed by atoms with Crippen molar-refractivity contribution >= 4 is 0 Å². The Hall–Kier alpha value is -2.27. The van der Waals surface area contributed by atoms with E-state index in [1.807, 2.05) is 0 Å². The maximum atomic E-state index is 14.0. The molecule has 0 aliphatic rings. The monoisotopic (exact) mass is 292 g/mol. The number of ether oxygens (including phenoxy) is 3. The van der Waals surface area contributed by atoms with Gasteiger partial charge >= 0.3 is 0 Å². The SMILES string of the molecule is COc1cc(OC)cc(Oc2c(F)cccc2[C@@H](C)O)c1. The van der Waals surface area contributed by atoms with E-state index >= 15 is 0 Å². The highest BCUT2D eigenvalue weighted by Gasteiger charge is 2.15. The molecule has 0 radical (unpaired) electrons. The molecule has 0 aliphatic carbocycles. The lowest BCUT2D eigenvalue weighted by molar-refractivity contribution is 0.194. The van der Waals surface area contributed by atoms with Gasteiger partial charge < -0.3 is 19.3 Å². The Morgan fingerprint density at radius 1 is 1.00 bits per heavy atom. The number of hydrogen-bond donors (Lipinski definition) is 1. The van der Waals surface area contributed by atoms with Crippen LogP contribution in [0.1, 0.15) is 18.6 Å². The van der Waals surface area contributed by atoms with Gasteiger partial charge in [-0.05, 0) is 13.0 Å². The van der Waals surface area contributed by atoms with Crippen molar-refractivity contribution in [1.29, 1.82) is 0 Å². The van der Waals surface area contributed by atoms with Gasteiger partial charge in [-0.15, -0.1) is 0 Å². The zero-order valence-corrected chi connectivity index (χ0v) is 12.1. The second-order valence-corrected chi connectivity index (χ2v) is 4.48. The van der Waals surface area contributed by atoms with Gasteiger partial charge in [0.25, 0.3) is 0 Å². The highest BCUT2D eigenvalue weighted by atomic mass is 19.1. The predicted molar refractivity (Wildman–Crippen MR) is 76.7 cm³/mol. The molecule has 21 heavy (non-hydrogen) atoms. The van der Waals surface area contributed by atoms with Crippen LogP contribution in [0.2, 0.25) is 0 Å². The van der Waals surface area contributed by atoms with Crippen molar-refractivity contribution in [3.63, 3.8) is 0 Å². The summed E-state index contributed by atoms with van der Waals surface area (Å²) in [5.74, 6) is 0.856. The molecule has 0 unspecified atom stereocenters. The van der Waals surface area contributed by atoms with Gasteiger partial charge in [0, 0.05) is 23.8 Å². The molecular weight excluding hydrogens is 275 g/mol. The first-order valence-corrected chi connectivity index (χ1v) is 6.42. The molecule has 0 aromatic heterocycles. The Bertz CT molecular complexity index is 603. The molecule has 0 saturated carbocycles. The summed E-state index contributed by atoms with van der Waals surface area (Å²) >= 11 is 0. The highest BCUT2D eigenvalue weighted by molar-refractivity contribution is 5.46. The van der Waals surface area contributed by atoms with Gasteiger partial charge in [0.2, 0.25) is 0 Å². The first kappa shape index (κ1) is 15.1. The van der Waals surface area contributed by atoms with Gasteiger partial charge in [-0.25, -0.2) is 4.39 Å². The predicted octanol–water partition coefficient (Wildman–Crippen LogP) is 3.69. The quantitative estimate of drug-likeness (QED) is 0.913. The van der Waals surface area contributed by atoms with Crippen molar-refractivity contribution < 1.29 is 23.7 Å². The molecule has 4 nitrogen and oxygen atoms in total. The summed E-state index contributed by atoms with van der Waals surface area (Å²) in [6.45, 7) is 1.55. The molecule has 0 spiro atoms. The van der Waals surface area contributed by atoms with Gasteiger partial charge in [-0.3, -0.25) is 0 Å². The average molecular weight is 292 g/mol. The number of methoxy groups -OCH3 is 2. The lowest BCUT2D eigenvalue weighted by Gasteiger charge is -2.15. The first-order valence-electron chi connectivity index (χ1n) is 6.42. The molecule has 1 N–H and O–H groups in total. The molecular formula is C16H17FO4. The Balaban J connectivity index is 2.42. The van der Waals surface area contributed by atoms with Crippen LogP contribution in [-0.2, 0) is 0 Å². The van der Waals surface area contributed by atoms with E-state index in [1.54, 1.807) is 31.2 Å². The summed E-state index contributed by atoms with van der Waals surface area (Å²) in [6.07, 6.45) is -0.844. The maximum absolute atomic E-state index is 14.0. The van der Waals surface area contributed by atoms with Gasteiger partial charge in [0.1, 0.15) is 17.2 Å². The van der Waals surface area contributed by atoms with Gasteiger partial charge in [0.05, 0.1) is 20.3 Å². The molecule has 0 saturated heterocycles. The fraction of sp³-hybridized carbons (Fsp3) is 0.250. The third-order valence-corrected chi connectivity index (χ3v) is 2.99. The van der Waals surface area contributed by atoms with Crippen molar-refractivity contribution in [2.24, 2.45) is 0 Å². The number of para-hydroxylation sites is 1. The van der Waals surface area contributed by atoms with E-state index in [1.165, 1.54) is 26.4 Å². The second kappa shape index (κ2) is 6.45. The van der Waals surface area contributed by atoms with E-state index in [9.17, 15) is 9.50 Å². The lowest BCUT2D eigenvalue weighted by atomic mass is 10.1. The molecule has 0 heterocycles. The smallest absolute Gasteiger partial charge is 0.168 e. The fourth-order valence-corrected chi connectivity index (χ4v) is 1.92. The number of hydrogen-bond acceptors (Lipinski definition) is 4. The molecule has 112 valence electrons. The minimum absolute atomic E-state index is 0.0113. The summed E-state index contributed by atoms with van der Waals surface area (Å²) in [6, 6.07) is 9.32. The van der Waals surface area contributed by atoms with Crippen LogP contribution < -0.4 is 14.2 Å². The molecule has 2 rings (SSSR count). The summed E-state index contributed by atoms with van der Waals surface area (Å²) in [5.41, 5.74) is 0.372. The van der Waals surface area contributed by atoms with E-state index in [-0.39, 0.29) is 5.75 Å². The summed E-state index contributed by atoms with van der Waals surface area (Å²) < 4.78 is 29.8. The number of rotatable bonds is 5. The largest absolute Gasteiger partial charge is 0.496 e. The Labute approximate surface area is 122 Å². The summed E-state index contributed by atoms with van der Waals surface area (Å²) in [4.78, 5) is 0. The van der Waals surface area contributed by atoms with E-state index in [0.717, 1.165) is 0 Å². The van der Waals surface area contributed by atoms with E-state index < -0.39 is 11.9 Å². The lowest BCUT2D eigenvalue weighted by Crippen LogP contribution is -1.99. The van der Waals surface area contributed by atoms with Crippen molar-refractivity contribution in [2.75, 3.05) is 14.2 Å². The van der Waals surface area contributed by atoms with Crippen LogP contribution in [0.25, 0.3) is 0 Å². The van der Waals surface area contributed by atoms with Crippen molar-refractivity contribution in [3.05, 3.63) is 47.8 Å². The number of aliphatic hydroxyl groups is 1. The van der Waals surface area contributed by atoms with Gasteiger partial charge in [-0.2, -0.15) is 0 Å². The minimum atomic E-state index is -0.844. The average Bonchev–Trinajstić information content (AvgIpc) is 2.48. The molecule has 2 aromatic carbocycles. The number of aliphatic hydroxyl groups excluding tert-OH is 1. The first-order chi connectivity index (χ1) is 10.0. The minimum Gasteiger partial charge on any atom is -0.496 e. The molecule has 2 aromatic rings. The van der Waals surface area contributed by atoms with Gasteiger partial charge in [0.15, 0.2) is 11.6 Å². The maximum Gasteiger partial charge on any atom is 0.168 e. The van der Waals surface area contributed by atoms with Crippen LogP contribution in [0.3, 0.4) is 0 Å². The van der Waals surface area contributed by atoms with Crippen molar-refractivity contribution in [2.45, 2.75) is 13.0 Å². The van der Waals surface area contributed by atoms with E-state index in [0.29, 0.717) is 22.8 Å². The van der Waals surface area contributed by atoms with Crippen LogP contribution >= 0.6 is 0 Å². The molecule has 5 heteroatoms. The Kier molecular flexibility index (Phi) is 4.65. The second-order valence-electron chi connectivity index (χ2n) is 4.48. The molecule has 1 atom stereocenters. The topological polar surface area (TPSA) is 47.9 Å². The molecule has 0 amide bonds. The normalized spacial score (nSPS) is 11.9. The van der Waals surface area contributed by atoms with Crippen molar-refractivity contribution in [1.82, 2.24) is 0 Å². The van der Waals surface area contributed by atoms with Crippen LogP contribution in [0.5, 0.6) is 23.0 Å². The van der Waals surface area contributed by atoms with Crippen LogP contribution in [0.4, 0.5) is 4.39 Å². The van der Waals surface area contributed by atoms with Crippen molar-refractivity contribution in [3.8, 4) is 23.0 Å². The van der Waals surface area contributed by atoms with Crippen LogP contribution in [0.15, 0.2) is 36.4 Å².